The summed E-state index contributed by atoms with van der Waals surface area (Å²) in [5.41, 5.74) is 5.71. The summed E-state index contributed by atoms with van der Waals surface area (Å²) in [5, 5.41) is 6.91. The Balaban J connectivity index is 1.43. The molecule has 0 saturated carbocycles. The van der Waals surface area contributed by atoms with Crippen LogP contribution in [0.15, 0.2) is 84.0 Å². The number of hydrogen-bond acceptors (Lipinski definition) is 4. The van der Waals surface area contributed by atoms with Gasteiger partial charge in [0.2, 0.25) is 0 Å². The van der Waals surface area contributed by atoms with Crippen LogP contribution in [-0.2, 0) is 6.61 Å². The molecule has 166 valence electrons. The maximum absolute atomic E-state index is 12.3. The summed E-state index contributed by atoms with van der Waals surface area (Å²) in [4.78, 5) is 12.3. The lowest BCUT2D eigenvalue weighted by molar-refractivity contribution is 0.0955. The number of nitrogens with zero attached hydrogens (tertiary/aromatic N) is 1. The Kier molecular flexibility index (Phi) is 6.91. The van der Waals surface area contributed by atoms with Crippen molar-refractivity contribution < 1.29 is 14.3 Å². The van der Waals surface area contributed by atoms with Crippen LogP contribution in [0.3, 0.4) is 0 Å². The molecule has 5 nitrogen and oxygen atoms in total. The molecule has 0 saturated heterocycles. The maximum atomic E-state index is 12.3. The lowest BCUT2D eigenvalue weighted by Gasteiger charge is -2.12. The molecule has 0 unspecified atom stereocenters. The van der Waals surface area contributed by atoms with E-state index >= 15 is 0 Å². The zero-order chi connectivity index (χ0) is 23.2. The fraction of sp³-hybridized carbons (Fsp3) is 0.111. The van der Waals surface area contributed by atoms with Crippen molar-refractivity contribution in [2.24, 2.45) is 5.10 Å². The largest absolute Gasteiger partial charge is 0.493 e. The van der Waals surface area contributed by atoms with Gasteiger partial charge in [-0.25, -0.2) is 5.43 Å². The first-order valence-corrected chi connectivity index (χ1v) is 10.8. The first-order chi connectivity index (χ1) is 16.0. The van der Waals surface area contributed by atoms with Gasteiger partial charge in [-0.15, -0.1) is 0 Å². The van der Waals surface area contributed by atoms with Gasteiger partial charge in [0.25, 0.3) is 5.91 Å². The van der Waals surface area contributed by atoms with E-state index in [1.807, 2.05) is 37.3 Å². The molecule has 0 spiro atoms. The number of carbonyl (C=O) groups is 1. The molecule has 0 aromatic heterocycles. The van der Waals surface area contributed by atoms with Crippen molar-refractivity contribution in [2.75, 3.05) is 7.11 Å². The predicted molar refractivity (Wildman–Crippen MR) is 133 cm³/mol. The Morgan fingerprint density at radius 2 is 1.82 bits per heavy atom. The first-order valence-electron chi connectivity index (χ1n) is 10.4. The molecule has 4 aromatic carbocycles. The van der Waals surface area contributed by atoms with Crippen LogP contribution in [0.1, 0.15) is 27.0 Å². The van der Waals surface area contributed by atoms with E-state index in [-0.39, 0.29) is 5.91 Å². The molecule has 0 bridgehead atoms. The Bertz CT molecular complexity index is 1330. The number of benzene rings is 4. The average Bonchev–Trinajstić information content (AvgIpc) is 2.84. The fourth-order valence-electron chi connectivity index (χ4n) is 3.42. The summed E-state index contributed by atoms with van der Waals surface area (Å²) in [5.74, 6) is 0.868. The maximum Gasteiger partial charge on any atom is 0.271 e. The summed E-state index contributed by atoms with van der Waals surface area (Å²) in [6.07, 6.45) is 1.55. The second kappa shape index (κ2) is 10.2. The molecule has 1 N–H and O–H groups in total. The topological polar surface area (TPSA) is 59.9 Å². The van der Waals surface area contributed by atoms with Crippen LogP contribution >= 0.6 is 11.6 Å². The molecule has 4 rings (SSSR count). The number of methoxy groups -OCH3 is 1. The number of amides is 1. The first kappa shape index (κ1) is 22.4. The quantitative estimate of drug-likeness (QED) is 0.267. The summed E-state index contributed by atoms with van der Waals surface area (Å²) in [7, 11) is 1.59. The van der Waals surface area contributed by atoms with Crippen LogP contribution in [0.2, 0.25) is 5.02 Å². The van der Waals surface area contributed by atoms with Gasteiger partial charge in [-0.1, -0.05) is 60.1 Å². The zero-order valence-corrected chi connectivity index (χ0v) is 19.1. The highest BCUT2D eigenvalue weighted by Crippen LogP contribution is 2.29. The number of hydrazone groups is 1. The van der Waals surface area contributed by atoms with Gasteiger partial charge in [-0.05, 0) is 64.7 Å². The summed E-state index contributed by atoms with van der Waals surface area (Å²) >= 11 is 6.09. The smallest absolute Gasteiger partial charge is 0.271 e. The summed E-state index contributed by atoms with van der Waals surface area (Å²) < 4.78 is 11.5. The second-order valence-electron chi connectivity index (χ2n) is 7.50. The third kappa shape index (κ3) is 5.33. The van der Waals surface area contributed by atoms with Crippen molar-refractivity contribution in [2.45, 2.75) is 13.5 Å². The molecular formula is C27H23ClN2O3. The highest BCUT2D eigenvalue weighted by molar-refractivity contribution is 6.31. The lowest BCUT2D eigenvalue weighted by atomic mass is 10.1. The van der Waals surface area contributed by atoms with E-state index in [1.54, 1.807) is 37.6 Å². The summed E-state index contributed by atoms with van der Waals surface area (Å²) in [6, 6.07) is 25.0. The van der Waals surface area contributed by atoms with E-state index in [1.165, 1.54) is 5.39 Å². The second-order valence-corrected chi connectivity index (χ2v) is 7.91. The van der Waals surface area contributed by atoms with Crippen LogP contribution in [0, 0.1) is 6.92 Å². The molecule has 0 heterocycles. The molecular weight excluding hydrogens is 436 g/mol. The van der Waals surface area contributed by atoms with Crippen LogP contribution < -0.4 is 14.9 Å². The Morgan fingerprint density at radius 3 is 2.64 bits per heavy atom. The Morgan fingerprint density at radius 1 is 1.00 bits per heavy atom. The van der Waals surface area contributed by atoms with E-state index in [4.69, 9.17) is 21.1 Å². The number of fused-ring (bicyclic) bond motifs is 1. The van der Waals surface area contributed by atoms with E-state index in [0.717, 1.165) is 22.1 Å². The minimum Gasteiger partial charge on any atom is -0.493 e. The Hall–Kier alpha value is -3.83. The standard InChI is InChI=1S/C27H23ClN2O3/c1-18-10-12-21(15-24(18)28)27(31)30-29-16-19-11-13-25(26(14-19)32-2)33-17-22-8-5-7-20-6-3-4-9-23(20)22/h3-16H,17H2,1-2H3,(H,30,31)/b29-16-. The van der Waals surface area contributed by atoms with Crippen molar-refractivity contribution in [1.82, 2.24) is 5.43 Å². The average molecular weight is 459 g/mol. The highest BCUT2D eigenvalue weighted by Gasteiger charge is 2.09. The van der Waals surface area contributed by atoms with Crippen molar-refractivity contribution in [3.05, 3.63) is 106 Å². The van der Waals surface area contributed by atoms with Gasteiger partial charge in [0, 0.05) is 10.6 Å². The van der Waals surface area contributed by atoms with Gasteiger partial charge in [0.15, 0.2) is 11.5 Å². The fourth-order valence-corrected chi connectivity index (χ4v) is 3.60. The molecule has 4 aromatic rings. The van der Waals surface area contributed by atoms with E-state index in [0.29, 0.717) is 28.7 Å². The minimum absolute atomic E-state index is 0.338. The number of rotatable bonds is 7. The monoisotopic (exact) mass is 458 g/mol. The lowest BCUT2D eigenvalue weighted by Crippen LogP contribution is -2.17. The molecule has 33 heavy (non-hydrogen) atoms. The predicted octanol–water partition coefficient (Wildman–Crippen LogP) is 6.15. The SMILES string of the molecule is COc1cc(/C=N\NC(=O)c2ccc(C)c(Cl)c2)ccc1OCc1cccc2ccccc12. The molecule has 0 fully saturated rings. The number of halogens is 1. The number of carbonyl (C=O) groups excluding carboxylic acids is 1. The van der Waals surface area contributed by atoms with Crippen LogP contribution in [0.25, 0.3) is 10.8 Å². The van der Waals surface area contributed by atoms with Gasteiger partial charge in [0.1, 0.15) is 6.61 Å². The van der Waals surface area contributed by atoms with Crippen molar-refractivity contribution >= 4 is 34.5 Å². The van der Waals surface area contributed by atoms with Gasteiger partial charge < -0.3 is 9.47 Å². The number of hydrogen-bond donors (Lipinski definition) is 1. The zero-order valence-electron chi connectivity index (χ0n) is 18.3. The molecule has 0 aliphatic carbocycles. The summed E-state index contributed by atoms with van der Waals surface area (Å²) in [6.45, 7) is 2.30. The molecule has 0 aliphatic rings. The molecule has 0 atom stereocenters. The van der Waals surface area contributed by atoms with Gasteiger partial charge in [-0.3, -0.25) is 4.79 Å². The molecule has 0 radical (unpaired) electrons. The molecule has 6 heteroatoms. The highest BCUT2D eigenvalue weighted by atomic mass is 35.5. The van der Waals surface area contributed by atoms with Crippen molar-refractivity contribution in [3.63, 3.8) is 0 Å². The van der Waals surface area contributed by atoms with Crippen molar-refractivity contribution in [1.29, 1.82) is 0 Å². The van der Waals surface area contributed by atoms with E-state index in [9.17, 15) is 4.79 Å². The number of aryl methyl sites for hydroxylation is 1. The van der Waals surface area contributed by atoms with E-state index in [2.05, 4.69) is 34.8 Å². The molecule has 0 aliphatic heterocycles. The van der Waals surface area contributed by atoms with Gasteiger partial charge in [-0.2, -0.15) is 5.10 Å². The van der Waals surface area contributed by atoms with E-state index < -0.39 is 0 Å². The third-order valence-corrected chi connectivity index (χ3v) is 5.67. The van der Waals surface area contributed by atoms with Gasteiger partial charge >= 0.3 is 0 Å². The van der Waals surface area contributed by atoms with Crippen molar-refractivity contribution in [3.8, 4) is 11.5 Å². The van der Waals surface area contributed by atoms with Crippen LogP contribution in [0.4, 0.5) is 0 Å². The third-order valence-electron chi connectivity index (χ3n) is 5.26. The van der Waals surface area contributed by atoms with Crippen LogP contribution in [-0.4, -0.2) is 19.2 Å². The number of ether oxygens (including phenoxy) is 2. The molecule has 1 amide bonds. The Labute approximate surface area is 197 Å². The van der Waals surface area contributed by atoms with Gasteiger partial charge in [0.05, 0.1) is 13.3 Å². The minimum atomic E-state index is -0.338. The normalized spacial score (nSPS) is 11.0. The number of nitrogens with one attached hydrogen (secondary N) is 1. The van der Waals surface area contributed by atoms with Crippen LogP contribution in [0.5, 0.6) is 11.5 Å².